The first kappa shape index (κ1) is 20.4. The van der Waals surface area contributed by atoms with Crippen molar-refractivity contribution in [2.75, 3.05) is 7.11 Å². The molecule has 3 rings (SSSR count). The third-order valence-corrected chi connectivity index (χ3v) is 4.11. The van der Waals surface area contributed by atoms with Crippen molar-refractivity contribution in [3.63, 3.8) is 0 Å². The Morgan fingerprint density at radius 2 is 1.90 bits per heavy atom. The van der Waals surface area contributed by atoms with Crippen LogP contribution in [0, 0.1) is 0 Å². The molecule has 0 aliphatic heterocycles. The van der Waals surface area contributed by atoms with Crippen LogP contribution in [0.15, 0.2) is 47.0 Å². The van der Waals surface area contributed by atoms with Gasteiger partial charge in [-0.1, -0.05) is 17.3 Å². The fraction of sp³-hybridized carbons (Fsp3) is 0.250. The number of carbonyl (C=O) groups is 1. The number of benzene rings is 2. The van der Waals surface area contributed by atoms with E-state index >= 15 is 0 Å². The van der Waals surface area contributed by atoms with E-state index in [2.05, 4.69) is 10.1 Å². The summed E-state index contributed by atoms with van der Waals surface area (Å²) in [5.41, 5.74) is -0.169. The van der Waals surface area contributed by atoms with Crippen LogP contribution in [-0.2, 0) is 6.18 Å². The van der Waals surface area contributed by atoms with Crippen LogP contribution in [0.3, 0.4) is 0 Å². The number of methoxy groups -OCH3 is 1. The number of aromatic nitrogens is 2. The summed E-state index contributed by atoms with van der Waals surface area (Å²) in [7, 11) is 1.44. The molecular weight excluding hydrogens is 389 g/mol. The van der Waals surface area contributed by atoms with Crippen molar-refractivity contribution in [3.05, 3.63) is 59.5 Å². The van der Waals surface area contributed by atoms with E-state index < -0.39 is 17.8 Å². The Morgan fingerprint density at radius 1 is 1.14 bits per heavy atom. The Kier molecular flexibility index (Phi) is 5.58. The van der Waals surface area contributed by atoms with E-state index in [0.29, 0.717) is 17.1 Å². The number of hydrogen-bond donors (Lipinski definition) is 0. The van der Waals surface area contributed by atoms with Gasteiger partial charge in [-0.15, -0.1) is 0 Å². The minimum absolute atomic E-state index is 0.0143. The van der Waals surface area contributed by atoms with Crippen molar-refractivity contribution in [1.82, 2.24) is 10.1 Å². The van der Waals surface area contributed by atoms with E-state index in [0.717, 1.165) is 12.1 Å². The van der Waals surface area contributed by atoms with Gasteiger partial charge in [0.25, 0.3) is 5.89 Å². The van der Waals surface area contributed by atoms with Gasteiger partial charge in [0, 0.05) is 11.1 Å². The molecule has 0 N–H and O–H groups in total. The lowest BCUT2D eigenvalue weighted by Crippen LogP contribution is -2.06. The molecule has 9 heteroatoms. The van der Waals surface area contributed by atoms with Crippen molar-refractivity contribution in [1.29, 1.82) is 0 Å². The van der Waals surface area contributed by atoms with Crippen LogP contribution in [0.1, 0.15) is 41.8 Å². The third kappa shape index (κ3) is 4.56. The molecular formula is C20H17F3N2O4. The van der Waals surface area contributed by atoms with Crippen molar-refractivity contribution in [2.45, 2.75) is 26.1 Å². The van der Waals surface area contributed by atoms with Crippen LogP contribution in [0.25, 0.3) is 11.4 Å². The van der Waals surface area contributed by atoms with Crippen LogP contribution in [0.4, 0.5) is 13.2 Å². The topological polar surface area (TPSA) is 74.5 Å². The minimum Gasteiger partial charge on any atom is -0.493 e. The highest BCUT2D eigenvalue weighted by atomic mass is 19.4. The highest BCUT2D eigenvalue weighted by molar-refractivity contribution is 5.94. The zero-order valence-electron chi connectivity index (χ0n) is 15.8. The number of rotatable bonds is 6. The predicted molar refractivity (Wildman–Crippen MR) is 96.8 cm³/mol. The average Bonchev–Trinajstić information content (AvgIpc) is 3.18. The molecule has 0 radical (unpaired) electrons. The van der Waals surface area contributed by atoms with Gasteiger partial charge in [-0.25, -0.2) is 0 Å². The van der Waals surface area contributed by atoms with Crippen LogP contribution in [0.5, 0.6) is 11.5 Å². The quantitative estimate of drug-likeness (QED) is 0.530. The molecule has 1 aromatic heterocycles. The summed E-state index contributed by atoms with van der Waals surface area (Å²) in [6, 6.07) is 9.36. The van der Waals surface area contributed by atoms with Gasteiger partial charge in [-0.05, 0) is 44.2 Å². The van der Waals surface area contributed by atoms with Gasteiger partial charge in [0.2, 0.25) is 5.82 Å². The second-order valence-electron chi connectivity index (χ2n) is 6.22. The number of ketones is 1. The molecule has 0 saturated carbocycles. The molecule has 29 heavy (non-hydrogen) atoms. The smallest absolute Gasteiger partial charge is 0.416 e. The lowest BCUT2D eigenvalue weighted by Gasteiger charge is -2.14. The Morgan fingerprint density at radius 3 is 2.55 bits per heavy atom. The lowest BCUT2D eigenvalue weighted by molar-refractivity contribution is -0.137. The standard InChI is InChI=1S/C20H17F3N2O4/c1-11(26)13-7-8-16(17(10-13)27-3)28-12(2)19-24-18(25-29-19)14-5-4-6-15(9-14)20(21,22)23/h4-10,12H,1-3H3/t12-/m0/s1. The largest absolute Gasteiger partial charge is 0.493 e. The average molecular weight is 406 g/mol. The van der Waals surface area contributed by atoms with Gasteiger partial charge < -0.3 is 14.0 Å². The SMILES string of the molecule is COc1cc(C(C)=O)ccc1O[C@@H](C)c1nc(-c2cccc(C(F)(F)F)c2)no1. The van der Waals surface area contributed by atoms with Gasteiger partial charge in [-0.2, -0.15) is 18.2 Å². The van der Waals surface area contributed by atoms with Crippen molar-refractivity contribution in [3.8, 4) is 22.9 Å². The van der Waals surface area contributed by atoms with E-state index in [1.165, 1.54) is 26.2 Å². The summed E-state index contributed by atoms with van der Waals surface area (Å²) in [4.78, 5) is 15.6. The van der Waals surface area contributed by atoms with Gasteiger partial charge in [0.05, 0.1) is 12.7 Å². The number of hydrogen-bond acceptors (Lipinski definition) is 6. The molecule has 0 saturated heterocycles. The van der Waals surface area contributed by atoms with E-state index in [9.17, 15) is 18.0 Å². The van der Waals surface area contributed by atoms with Crippen LogP contribution >= 0.6 is 0 Å². The predicted octanol–water partition coefficient (Wildman–Crippen LogP) is 5.11. The van der Waals surface area contributed by atoms with E-state index in [1.54, 1.807) is 25.1 Å². The lowest BCUT2D eigenvalue weighted by atomic mass is 10.1. The maximum atomic E-state index is 12.9. The van der Waals surface area contributed by atoms with Gasteiger partial charge >= 0.3 is 6.18 Å². The molecule has 0 aliphatic rings. The monoisotopic (exact) mass is 406 g/mol. The Labute approximate surface area is 164 Å². The molecule has 0 aliphatic carbocycles. The molecule has 152 valence electrons. The van der Waals surface area contributed by atoms with Crippen LogP contribution in [0.2, 0.25) is 0 Å². The molecule has 0 amide bonds. The van der Waals surface area contributed by atoms with E-state index in [4.69, 9.17) is 14.0 Å². The number of halogens is 3. The zero-order chi connectivity index (χ0) is 21.2. The maximum Gasteiger partial charge on any atom is 0.416 e. The highest BCUT2D eigenvalue weighted by Crippen LogP contribution is 2.34. The molecule has 3 aromatic rings. The van der Waals surface area contributed by atoms with Crippen molar-refractivity contribution in [2.24, 2.45) is 0 Å². The second-order valence-corrected chi connectivity index (χ2v) is 6.22. The summed E-state index contributed by atoms with van der Waals surface area (Å²) in [6.07, 6.45) is -5.18. The van der Waals surface area contributed by atoms with Gasteiger partial charge in [-0.3, -0.25) is 4.79 Å². The minimum atomic E-state index is -4.47. The molecule has 0 bridgehead atoms. The molecule has 2 aromatic carbocycles. The highest BCUT2D eigenvalue weighted by Gasteiger charge is 2.31. The van der Waals surface area contributed by atoms with E-state index in [1.807, 2.05) is 0 Å². The molecule has 0 spiro atoms. The number of Topliss-reactive ketones (excluding diaryl/α,β-unsaturated/α-hetero) is 1. The third-order valence-electron chi connectivity index (χ3n) is 4.11. The van der Waals surface area contributed by atoms with Gasteiger partial charge in [0.1, 0.15) is 0 Å². The number of alkyl halides is 3. The molecule has 6 nitrogen and oxygen atoms in total. The first-order valence-corrected chi connectivity index (χ1v) is 8.56. The first-order chi connectivity index (χ1) is 13.7. The van der Waals surface area contributed by atoms with Crippen molar-refractivity contribution < 1.29 is 32.0 Å². The summed E-state index contributed by atoms with van der Waals surface area (Å²) in [5, 5.41) is 3.74. The fourth-order valence-corrected chi connectivity index (χ4v) is 2.58. The molecule has 0 fully saturated rings. The summed E-state index contributed by atoms with van der Waals surface area (Å²) in [6.45, 7) is 3.08. The molecule has 1 heterocycles. The normalized spacial score (nSPS) is 12.5. The zero-order valence-corrected chi connectivity index (χ0v) is 15.8. The van der Waals surface area contributed by atoms with Crippen molar-refractivity contribution >= 4 is 5.78 Å². The summed E-state index contributed by atoms with van der Waals surface area (Å²) < 4.78 is 54.8. The van der Waals surface area contributed by atoms with Crippen LogP contribution in [-0.4, -0.2) is 23.0 Å². The fourth-order valence-electron chi connectivity index (χ4n) is 2.58. The van der Waals surface area contributed by atoms with Gasteiger partial charge in [0.15, 0.2) is 23.4 Å². The number of carbonyl (C=O) groups excluding carboxylic acids is 1. The van der Waals surface area contributed by atoms with E-state index in [-0.39, 0.29) is 23.1 Å². The summed E-state index contributed by atoms with van der Waals surface area (Å²) in [5.74, 6) is 0.673. The Balaban J connectivity index is 1.82. The number of ether oxygens (including phenoxy) is 2. The Hall–Kier alpha value is -3.36. The first-order valence-electron chi connectivity index (χ1n) is 8.56. The summed E-state index contributed by atoms with van der Waals surface area (Å²) >= 11 is 0. The maximum absolute atomic E-state index is 12.9. The Bertz CT molecular complexity index is 1030. The second kappa shape index (κ2) is 7.94. The van der Waals surface area contributed by atoms with Crippen LogP contribution < -0.4 is 9.47 Å². The molecule has 0 unspecified atom stereocenters. The molecule has 1 atom stereocenters. The number of nitrogens with zero attached hydrogens (tertiary/aromatic N) is 2.